The van der Waals surface area contributed by atoms with Gasteiger partial charge in [-0.15, -0.1) is 0 Å². The average molecular weight is 425 g/mol. The second kappa shape index (κ2) is 5.73. The summed E-state index contributed by atoms with van der Waals surface area (Å²) in [5.41, 5.74) is 3.75. The van der Waals surface area contributed by atoms with Crippen molar-refractivity contribution in [1.82, 2.24) is 9.88 Å². The molecule has 19 heavy (non-hydrogen) atoms. The van der Waals surface area contributed by atoms with Gasteiger partial charge in [0.05, 0.1) is 0 Å². The number of rotatable bonds is 2. The number of aromatic nitrogens is 1. The first kappa shape index (κ1) is 14.7. The SMILES string of the molecule is [CH2-]c1ccc2[nH]cc(C[C@H]3CC(C)CN3C)c2c1.[W]. The van der Waals surface area contributed by atoms with Crippen LogP contribution in [0.4, 0.5) is 0 Å². The van der Waals surface area contributed by atoms with Gasteiger partial charge in [0.1, 0.15) is 0 Å². The molecule has 1 aromatic carbocycles. The van der Waals surface area contributed by atoms with Crippen LogP contribution in [0.3, 0.4) is 0 Å². The van der Waals surface area contributed by atoms with Gasteiger partial charge < -0.3 is 9.88 Å². The predicted octanol–water partition coefficient (Wildman–Crippen LogP) is 3.23. The minimum Gasteiger partial charge on any atom is -0.363 e. The van der Waals surface area contributed by atoms with Gasteiger partial charge >= 0.3 is 0 Å². The molecule has 1 saturated heterocycles. The third-order valence-electron chi connectivity index (χ3n) is 4.18. The fraction of sp³-hybridized carbons (Fsp3) is 0.438. The quantitative estimate of drug-likeness (QED) is 0.733. The maximum absolute atomic E-state index is 4.03. The van der Waals surface area contributed by atoms with Crippen LogP contribution in [-0.4, -0.2) is 29.5 Å². The maximum atomic E-state index is 4.03. The zero-order chi connectivity index (χ0) is 12.7. The molecule has 3 rings (SSSR count). The Labute approximate surface area is 129 Å². The Bertz CT molecular complexity index is 561. The van der Waals surface area contributed by atoms with Crippen molar-refractivity contribution in [3.05, 3.63) is 42.4 Å². The van der Waals surface area contributed by atoms with Crippen molar-refractivity contribution < 1.29 is 21.1 Å². The fourth-order valence-electron chi connectivity index (χ4n) is 3.25. The molecule has 2 atom stereocenters. The second-order valence-corrected chi connectivity index (χ2v) is 5.83. The summed E-state index contributed by atoms with van der Waals surface area (Å²) in [6.07, 6.45) is 4.62. The van der Waals surface area contributed by atoms with E-state index in [0.717, 1.165) is 17.9 Å². The first-order valence-electron chi connectivity index (χ1n) is 6.75. The van der Waals surface area contributed by atoms with Gasteiger partial charge in [0, 0.05) is 45.4 Å². The second-order valence-electron chi connectivity index (χ2n) is 5.83. The van der Waals surface area contributed by atoms with Crippen LogP contribution in [0, 0.1) is 12.8 Å². The molecule has 1 aliphatic rings. The maximum Gasteiger partial charge on any atom is 0.0210 e. The molecule has 1 aromatic heterocycles. The van der Waals surface area contributed by atoms with E-state index < -0.39 is 0 Å². The predicted molar refractivity (Wildman–Crippen MR) is 76.7 cm³/mol. The summed E-state index contributed by atoms with van der Waals surface area (Å²) < 4.78 is 0. The van der Waals surface area contributed by atoms with Crippen LogP contribution in [0.2, 0.25) is 0 Å². The molecule has 1 aliphatic heterocycles. The van der Waals surface area contributed by atoms with Crippen LogP contribution < -0.4 is 0 Å². The van der Waals surface area contributed by atoms with E-state index in [4.69, 9.17) is 0 Å². The van der Waals surface area contributed by atoms with Gasteiger partial charge in [-0.25, -0.2) is 0 Å². The van der Waals surface area contributed by atoms with Gasteiger partial charge in [0.2, 0.25) is 0 Å². The van der Waals surface area contributed by atoms with E-state index in [9.17, 15) is 0 Å². The van der Waals surface area contributed by atoms with E-state index >= 15 is 0 Å². The van der Waals surface area contributed by atoms with Crippen molar-refractivity contribution >= 4 is 10.9 Å². The summed E-state index contributed by atoms with van der Waals surface area (Å²) in [5.74, 6) is 0.827. The van der Waals surface area contributed by atoms with Crippen molar-refractivity contribution in [3.63, 3.8) is 0 Å². The molecular weight excluding hydrogens is 404 g/mol. The Morgan fingerprint density at radius 1 is 1.42 bits per heavy atom. The molecule has 1 fully saturated rings. The zero-order valence-corrected chi connectivity index (χ0v) is 14.6. The molecular formula is C16H21N2W-. The molecule has 0 spiro atoms. The number of likely N-dealkylation sites (tertiary alicyclic amines) is 1. The molecule has 102 valence electrons. The van der Waals surface area contributed by atoms with Crippen molar-refractivity contribution in [2.75, 3.05) is 13.6 Å². The van der Waals surface area contributed by atoms with Crippen molar-refractivity contribution in [3.8, 4) is 0 Å². The fourth-order valence-corrected chi connectivity index (χ4v) is 3.25. The largest absolute Gasteiger partial charge is 0.363 e. The number of likely N-dealkylation sites (N-methyl/N-ethyl adjacent to an activating group) is 1. The molecule has 0 radical (unpaired) electrons. The van der Waals surface area contributed by atoms with E-state index in [2.05, 4.69) is 55.2 Å². The summed E-state index contributed by atoms with van der Waals surface area (Å²) >= 11 is 0. The minimum atomic E-state index is 0. The first-order valence-corrected chi connectivity index (χ1v) is 6.75. The number of aromatic amines is 1. The number of fused-ring (bicyclic) bond motifs is 1. The van der Waals surface area contributed by atoms with E-state index in [-0.39, 0.29) is 21.1 Å². The third-order valence-corrected chi connectivity index (χ3v) is 4.18. The molecule has 0 amide bonds. The normalized spacial score (nSPS) is 23.7. The van der Waals surface area contributed by atoms with Crippen LogP contribution in [0.25, 0.3) is 10.9 Å². The summed E-state index contributed by atoms with van der Waals surface area (Å²) in [6, 6.07) is 7.07. The van der Waals surface area contributed by atoms with Crippen molar-refractivity contribution in [2.24, 2.45) is 5.92 Å². The molecule has 2 nitrogen and oxygen atoms in total. The number of hydrogen-bond acceptors (Lipinski definition) is 1. The molecule has 0 aliphatic carbocycles. The van der Waals surface area contributed by atoms with Crippen LogP contribution in [0.15, 0.2) is 24.4 Å². The summed E-state index contributed by atoms with van der Waals surface area (Å²) in [5, 5.41) is 1.34. The number of hydrogen-bond donors (Lipinski definition) is 1. The molecule has 1 N–H and O–H groups in total. The van der Waals surface area contributed by atoms with Gasteiger partial charge in [-0.1, -0.05) is 18.4 Å². The van der Waals surface area contributed by atoms with Crippen molar-refractivity contribution in [1.29, 1.82) is 0 Å². The van der Waals surface area contributed by atoms with Gasteiger partial charge in [0.15, 0.2) is 0 Å². The molecule has 0 saturated carbocycles. The molecule has 2 aromatic rings. The van der Waals surface area contributed by atoms with Gasteiger partial charge in [-0.05, 0) is 31.4 Å². The molecule has 3 heteroatoms. The van der Waals surface area contributed by atoms with E-state index in [1.807, 2.05) is 0 Å². The monoisotopic (exact) mass is 425 g/mol. The zero-order valence-electron chi connectivity index (χ0n) is 11.6. The first-order chi connectivity index (χ1) is 8.63. The Morgan fingerprint density at radius 2 is 2.21 bits per heavy atom. The smallest absolute Gasteiger partial charge is 0.0210 e. The van der Waals surface area contributed by atoms with Crippen LogP contribution in [-0.2, 0) is 27.5 Å². The average Bonchev–Trinajstić information content (AvgIpc) is 2.84. The van der Waals surface area contributed by atoms with Gasteiger partial charge in [-0.3, -0.25) is 0 Å². The standard InChI is InChI=1S/C16H21N2.W/c1-11-4-5-16-15(7-11)13(9-17-16)8-14-6-12(2)10-18(14)3;/h4-5,7,9,12,14,17H,1,6,8,10H2,2-3H3;/q-1;/t12?,14-;/m1./s1. The number of H-pyrrole nitrogens is 1. The molecule has 1 unspecified atom stereocenters. The Kier molecular flexibility index (Phi) is 4.42. The van der Waals surface area contributed by atoms with Crippen molar-refractivity contribution in [2.45, 2.75) is 25.8 Å². The molecule has 0 bridgehead atoms. The van der Waals surface area contributed by atoms with Crippen LogP contribution in [0.1, 0.15) is 24.5 Å². The van der Waals surface area contributed by atoms with E-state index in [0.29, 0.717) is 6.04 Å². The third kappa shape index (κ3) is 2.90. The number of nitrogens with one attached hydrogen (secondary N) is 1. The summed E-state index contributed by atoms with van der Waals surface area (Å²) in [6.45, 7) is 7.60. The Balaban J connectivity index is 0.00000133. The van der Waals surface area contributed by atoms with Gasteiger partial charge in [0.25, 0.3) is 0 Å². The van der Waals surface area contributed by atoms with Crippen LogP contribution in [0.5, 0.6) is 0 Å². The van der Waals surface area contributed by atoms with E-state index in [1.165, 1.54) is 29.4 Å². The number of nitrogens with zero attached hydrogens (tertiary/aromatic N) is 1. The Hall–Kier alpha value is -0.722. The summed E-state index contributed by atoms with van der Waals surface area (Å²) in [4.78, 5) is 5.87. The summed E-state index contributed by atoms with van der Waals surface area (Å²) in [7, 11) is 2.25. The van der Waals surface area contributed by atoms with Crippen LogP contribution >= 0.6 is 0 Å². The van der Waals surface area contributed by atoms with E-state index in [1.54, 1.807) is 0 Å². The van der Waals surface area contributed by atoms with Gasteiger partial charge in [-0.2, -0.15) is 24.6 Å². The molecule has 2 heterocycles. The topological polar surface area (TPSA) is 19.0 Å². The Morgan fingerprint density at radius 3 is 2.89 bits per heavy atom. The number of benzene rings is 1. The minimum absolute atomic E-state index is 0.